The summed E-state index contributed by atoms with van der Waals surface area (Å²) in [6, 6.07) is 28.3. The second kappa shape index (κ2) is 15.6. The van der Waals surface area contributed by atoms with Gasteiger partial charge in [0.25, 0.3) is 0 Å². The summed E-state index contributed by atoms with van der Waals surface area (Å²) in [4.78, 5) is 0. The first-order valence-corrected chi connectivity index (χ1v) is 18.4. The molecule has 0 unspecified atom stereocenters. The highest BCUT2D eigenvalue weighted by molar-refractivity contribution is 6.30. The smallest absolute Gasteiger partial charge is 0.418 e. The first kappa shape index (κ1) is 39.7. The third kappa shape index (κ3) is 8.15. The van der Waals surface area contributed by atoms with Crippen molar-refractivity contribution in [2.45, 2.75) is 25.4 Å². The summed E-state index contributed by atoms with van der Waals surface area (Å²) in [6.45, 7) is -0.792. The molecule has 0 spiro atoms. The van der Waals surface area contributed by atoms with E-state index in [0.717, 1.165) is 24.3 Å². The van der Waals surface area contributed by atoms with Gasteiger partial charge in [0.1, 0.15) is 34.2 Å². The molecule has 0 saturated heterocycles. The number of nitrogens with zero attached hydrogens (tertiary/aromatic N) is 4. The largest absolute Gasteiger partial charge is 0.457 e. The highest BCUT2D eigenvalue weighted by Crippen LogP contribution is 2.41. The van der Waals surface area contributed by atoms with Crippen LogP contribution in [0.1, 0.15) is 22.3 Å². The van der Waals surface area contributed by atoms with Crippen molar-refractivity contribution < 1.29 is 44.6 Å². The van der Waals surface area contributed by atoms with Gasteiger partial charge in [0.15, 0.2) is 0 Å². The van der Waals surface area contributed by atoms with E-state index in [2.05, 4.69) is 10.2 Å². The average Bonchev–Trinajstić information content (AvgIpc) is 3.74. The zero-order chi connectivity index (χ0) is 41.6. The lowest BCUT2D eigenvalue weighted by Gasteiger charge is -2.13. The van der Waals surface area contributed by atoms with Crippen molar-refractivity contribution in [3.8, 4) is 34.0 Å². The molecule has 59 heavy (non-hydrogen) atoms. The van der Waals surface area contributed by atoms with Gasteiger partial charge in [-0.1, -0.05) is 83.9 Å². The molecule has 0 fully saturated rings. The Morgan fingerprint density at radius 3 is 1.31 bits per heavy atom. The van der Waals surface area contributed by atoms with E-state index in [0.29, 0.717) is 11.1 Å². The fraction of sp³-hybridized carbons (Fsp3) is 0.116. The molecular formula is C43H26Cl2F8N4O2. The minimum atomic E-state index is -4.71. The van der Waals surface area contributed by atoms with Gasteiger partial charge >= 0.3 is 12.4 Å². The SMILES string of the molecule is Fc1cc(Cl)ccc1Cn1nc2c(C(F)(F)F)cccc2c1-c1cccc(OCOc2cccc(-c3c4cccc(C(F)(F)F)c4nn3Cc3ccc(Cl)cc3F)c2)c1. The summed E-state index contributed by atoms with van der Waals surface area (Å²) in [5, 5.41) is 9.24. The van der Waals surface area contributed by atoms with E-state index in [1.54, 1.807) is 48.5 Å². The highest BCUT2D eigenvalue weighted by atomic mass is 35.5. The quantitative estimate of drug-likeness (QED) is 0.102. The third-order valence-corrected chi connectivity index (χ3v) is 9.96. The zero-order valence-electron chi connectivity index (χ0n) is 30.1. The van der Waals surface area contributed by atoms with Crippen LogP contribution in [0.4, 0.5) is 35.1 Å². The van der Waals surface area contributed by atoms with E-state index in [9.17, 15) is 35.1 Å². The van der Waals surface area contributed by atoms with Crippen LogP contribution in [0, 0.1) is 11.6 Å². The van der Waals surface area contributed by atoms with Crippen molar-refractivity contribution in [2.24, 2.45) is 0 Å². The molecular weight excluding hydrogens is 827 g/mol. The van der Waals surface area contributed by atoms with E-state index >= 15 is 0 Å². The maximum Gasteiger partial charge on any atom is 0.418 e. The van der Waals surface area contributed by atoms with Crippen molar-refractivity contribution >= 4 is 45.0 Å². The van der Waals surface area contributed by atoms with Crippen LogP contribution in [-0.4, -0.2) is 26.4 Å². The molecule has 16 heteroatoms. The Bertz CT molecular complexity index is 2680. The Morgan fingerprint density at radius 2 is 0.915 bits per heavy atom. The molecule has 6 nitrogen and oxygen atoms in total. The van der Waals surface area contributed by atoms with Gasteiger partial charge in [-0.05, 0) is 60.7 Å². The molecule has 8 rings (SSSR count). The molecule has 2 aromatic heterocycles. The van der Waals surface area contributed by atoms with Crippen LogP contribution in [0.3, 0.4) is 0 Å². The summed E-state index contributed by atoms with van der Waals surface area (Å²) in [6.07, 6.45) is -9.43. The molecule has 2 heterocycles. The summed E-state index contributed by atoms with van der Waals surface area (Å²) in [5.41, 5.74) is -0.879. The van der Waals surface area contributed by atoms with Crippen LogP contribution in [0.25, 0.3) is 44.3 Å². The standard InChI is InChI=1S/C43H26Cl2F8N4O2/c44-28-15-13-26(36(46)19-28)21-56-40(32-9-3-11-34(38(32)54-56)42(48,49)50)24-5-1-7-30(17-24)58-23-59-31-8-2-6-25(18-31)41-33-10-4-12-35(43(51,52)53)39(33)55-57(41)22-27-14-16-29(45)20-37(27)47/h1-20H,21-23H2. The Morgan fingerprint density at radius 1 is 0.508 bits per heavy atom. The van der Waals surface area contributed by atoms with Gasteiger partial charge in [-0.2, -0.15) is 36.5 Å². The molecule has 0 atom stereocenters. The lowest BCUT2D eigenvalue weighted by molar-refractivity contribution is -0.137. The summed E-state index contributed by atoms with van der Waals surface area (Å²) >= 11 is 11.9. The number of halogens is 10. The number of hydrogen-bond donors (Lipinski definition) is 0. The number of rotatable bonds is 10. The fourth-order valence-corrected chi connectivity index (χ4v) is 7.17. The molecule has 0 N–H and O–H groups in total. The topological polar surface area (TPSA) is 54.1 Å². The molecule has 0 saturated carbocycles. The van der Waals surface area contributed by atoms with Gasteiger partial charge < -0.3 is 9.47 Å². The molecule has 300 valence electrons. The first-order valence-electron chi connectivity index (χ1n) is 17.6. The van der Waals surface area contributed by atoms with Crippen molar-refractivity contribution in [1.29, 1.82) is 0 Å². The first-order chi connectivity index (χ1) is 28.1. The lowest BCUT2D eigenvalue weighted by atomic mass is 10.0. The normalized spacial score (nSPS) is 12.1. The Kier molecular flexibility index (Phi) is 10.5. The number of benzene rings is 6. The van der Waals surface area contributed by atoms with Gasteiger partial charge in [0.05, 0.1) is 35.6 Å². The van der Waals surface area contributed by atoms with Crippen molar-refractivity contribution in [1.82, 2.24) is 19.6 Å². The molecule has 0 aliphatic rings. The number of fused-ring (bicyclic) bond motifs is 2. The van der Waals surface area contributed by atoms with Crippen LogP contribution in [0.2, 0.25) is 10.0 Å². The molecule has 0 aliphatic heterocycles. The van der Waals surface area contributed by atoms with Crippen LogP contribution in [0.15, 0.2) is 121 Å². The Balaban J connectivity index is 1.09. The molecule has 0 radical (unpaired) electrons. The maximum absolute atomic E-state index is 14.9. The molecule has 0 bridgehead atoms. The van der Waals surface area contributed by atoms with Gasteiger partial charge in [-0.25, -0.2) is 8.78 Å². The molecule has 0 amide bonds. The molecule has 0 aliphatic carbocycles. The van der Waals surface area contributed by atoms with E-state index in [1.165, 1.54) is 57.9 Å². The average molecular weight is 854 g/mol. The maximum atomic E-state index is 14.9. The number of aromatic nitrogens is 4. The summed E-state index contributed by atoms with van der Waals surface area (Å²) in [5.74, 6) is -0.788. The van der Waals surface area contributed by atoms with Gasteiger partial charge in [-0.3, -0.25) is 9.36 Å². The van der Waals surface area contributed by atoms with Crippen molar-refractivity contribution in [3.05, 3.63) is 165 Å². The van der Waals surface area contributed by atoms with E-state index in [1.807, 2.05) is 0 Å². The Labute approximate surface area is 339 Å². The number of hydrogen-bond acceptors (Lipinski definition) is 4. The fourth-order valence-electron chi connectivity index (χ4n) is 6.85. The van der Waals surface area contributed by atoms with Crippen LogP contribution < -0.4 is 9.47 Å². The van der Waals surface area contributed by atoms with E-state index < -0.39 is 35.1 Å². The molecule has 8 aromatic rings. The minimum absolute atomic E-state index is 0.147. The van der Waals surface area contributed by atoms with Crippen LogP contribution in [0.5, 0.6) is 11.5 Å². The monoisotopic (exact) mass is 852 g/mol. The number of ether oxygens (including phenoxy) is 2. The van der Waals surface area contributed by atoms with E-state index in [4.69, 9.17) is 32.7 Å². The third-order valence-electron chi connectivity index (χ3n) is 9.49. The van der Waals surface area contributed by atoms with Crippen LogP contribution >= 0.6 is 23.2 Å². The zero-order valence-corrected chi connectivity index (χ0v) is 31.6. The van der Waals surface area contributed by atoms with Gasteiger partial charge in [-0.15, -0.1) is 0 Å². The number of alkyl halides is 6. The minimum Gasteiger partial charge on any atom is -0.457 e. The Hall–Kier alpha value is -6.12. The van der Waals surface area contributed by atoms with Crippen molar-refractivity contribution in [3.63, 3.8) is 0 Å². The predicted octanol–water partition coefficient (Wildman–Crippen LogP) is 12.9. The second-order valence-electron chi connectivity index (χ2n) is 13.3. The van der Waals surface area contributed by atoms with Crippen molar-refractivity contribution in [2.75, 3.05) is 6.79 Å². The predicted molar refractivity (Wildman–Crippen MR) is 207 cm³/mol. The van der Waals surface area contributed by atoms with Gasteiger partial charge in [0.2, 0.25) is 6.79 Å². The van der Waals surface area contributed by atoms with Crippen LogP contribution in [-0.2, 0) is 25.4 Å². The summed E-state index contributed by atoms with van der Waals surface area (Å²) < 4.78 is 129. The van der Waals surface area contributed by atoms with E-state index in [-0.39, 0.29) is 85.7 Å². The molecule has 6 aromatic carbocycles. The lowest BCUT2D eigenvalue weighted by Crippen LogP contribution is -2.08. The summed E-state index contributed by atoms with van der Waals surface area (Å²) in [7, 11) is 0. The van der Waals surface area contributed by atoms with Gasteiger partial charge in [0, 0.05) is 43.1 Å². The second-order valence-corrected chi connectivity index (χ2v) is 14.2. The highest BCUT2D eigenvalue weighted by Gasteiger charge is 2.36.